The molecule has 3 atom stereocenters. The van der Waals surface area contributed by atoms with Gasteiger partial charge in [-0.1, -0.05) is 43.2 Å². The van der Waals surface area contributed by atoms with Gasteiger partial charge in [0.25, 0.3) is 0 Å². The maximum Gasteiger partial charge on any atom is 0.241 e. The van der Waals surface area contributed by atoms with Gasteiger partial charge >= 0.3 is 0 Å². The quantitative estimate of drug-likeness (QED) is 0.882. The van der Waals surface area contributed by atoms with Gasteiger partial charge in [-0.15, -0.1) is 12.4 Å². The maximum atomic E-state index is 12.5. The highest BCUT2D eigenvalue weighted by Crippen LogP contribution is 2.33. The van der Waals surface area contributed by atoms with Gasteiger partial charge < -0.3 is 10.6 Å². The van der Waals surface area contributed by atoms with E-state index in [0.29, 0.717) is 23.5 Å². The second-order valence-corrected chi connectivity index (χ2v) is 6.76. The van der Waals surface area contributed by atoms with E-state index in [0.717, 1.165) is 12.0 Å². The summed E-state index contributed by atoms with van der Waals surface area (Å²) in [7, 11) is 0. The molecule has 132 valence electrons. The van der Waals surface area contributed by atoms with Crippen LogP contribution < -0.4 is 10.6 Å². The Morgan fingerprint density at radius 2 is 1.80 bits per heavy atom. The standard InChI is InChI=1S/C19H22N4O.ClH/c24-19(17-10-14-8-4-5-9-16(14)23-17)22-15-11-20-18(21-12-15)13-6-2-1-3-7-13;/h1-3,6-7,11-12,14,16-17,23H,4-5,8-10H2,(H,22,24);1H. The summed E-state index contributed by atoms with van der Waals surface area (Å²) >= 11 is 0. The van der Waals surface area contributed by atoms with E-state index in [4.69, 9.17) is 0 Å². The van der Waals surface area contributed by atoms with Gasteiger partial charge in [-0.2, -0.15) is 0 Å². The van der Waals surface area contributed by atoms with Crippen molar-refractivity contribution >= 4 is 24.0 Å². The van der Waals surface area contributed by atoms with Crippen LogP contribution in [0.5, 0.6) is 0 Å². The summed E-state index contributed by atoms with van der Waals surface area (Å²) in [5.74, 6) is 1.35. The molecule has 1 aliphatic carbocycles. The van der Waals surface area contributed by atoms with Gasteiger partial charge in [-0.25, -0.2) is 9.97 Å². The molecule has 6 heteroatoms. The summed E-state index contributed by atoms with van der Waals surface area (Å²) in [6, 6.07) is 10.2. The number of carbonyl (C=O) groups is 1. The molecule has 1 aromatic heterocycles. The van der Waals surface area contributed by atoms with Crippen molar-refractivity contribution in [3.05, 3.63) is 42.7 Å². The lowest BCUT2D eigenvalue weighted by atomic mass is 9.85. The Bertz CT molecular complexity index is 693. The van der Waals surface area contributed by atoms with Gasteiger partial charge in [-0.05, 0) is 25.2 Å². The second-order valence-electron chi connectivity index (χ2n) is 6.76. The van der Waals surface area contributed by atoms with Crippen molar-refractivity contribution in [2.45, 2.75) is 44.2 Å². The summed E-state index contributed by atoms with van der Waals surface area (Å²) in [6.07, 6.45) is 9.31. The Hall–Kier alpha value is -1.98. The Balaban J connectivity index is 0.00000182. The summed E-state index contributed by atoms with van der Waals surface area (Å²) < 4.78 is 0. The molecular formula is C19H23ClN4O. The van der Waals surface area contributed by atoms with Crippen molar-refractivity contribution in [1.29, 1.82) is 0 Å². The van der Waals surface area contributed by atoms with Crippen LogP contribution in [0.3, 0.4) is 0 Å². The Labute approximate surface area is 154 Å². The number of hydrogen-bond acceptors (Lipinski definition) is 4. The van der Waals surface area contributed by atoms with E-state index in [-0.39, 0.29) is 24.4 Å². The van der Waals surface area contributed by atoms with Gasteiger partial charge in [0.15, 0.2) is 5.82 Å². The van der Waals surface area contributed by atoms with Gasteiger partial charge in [0.2, 0.25) is 5.91 Å². The predicted molar refractivity (Wildman–Crippen MR) is 101 cm³/mol. The molecule has 0 spiro atoms. The van der Waals surface area contributed by atoms with Crippen LogP contribution in [-0.2, 0) is 4.79 Å². The molecule has 4 rings (SSSR count). The van der Waals surface area contributed by atoms with E-state index in [9.17, 15) is 4.79 Å². The van der Waals surface area contributed by atoms with Crippen molar-refractivity contribution in [1.82, 2.24) is 15.3 Å². The minimum Gasteiger partial charge on any atom is -0.322 e. The number of nitrogens with one attached hydrogen (secondary N) is 2. The van der Waals surface area contributed by atoms with Crippen LogP contribution in [0.1, 0.15) is 32.1 Å². The van der Waals surface area contributed by atoms with Crippen LogP contribution >= 0.6 is 12.4 Å². The first kappa shape index (κ1) is 17.8. The largest absolute Gasteiger partial charge is 0.322 e. The molecular weight excluding hydrogens is 336 g/mol. The molecule has 2 heterocycles. The van der Waals surface area contributed by atoms with Crippen molar-refractivity contribution in [3.63, 3.8) is 0 Å². The van der Waals surface area contributed by atoms with E-state index in [1.54, 1.807) is 12.4 Å². The minimum atomic E-state index is -0.0908. The fraction of sp³-hybridized carbons (Fsp3) is 0.421. The molecule has 0 bridgehead atoms. The topological polar surface area (TPSA) is 66.9 Å². The first-order valence-corrected chi connectivity index (χ1v) is 8.74. The number of nitrogens with zero attached hydrogens (tertiary/aromatic N) is 2. The van der Waals surface area contributed by atoms with E-state index in [1.807, 2.05) is 30.3 Å². The number of rotatable bonds is 3. The third-order valence-corrected chi connectivity index (χ3v) is 5.13. The van der Waals surface area contributed by atoms with E-state index < -0.39 is 0 Å². The number of anilines is 1. The molecule has 3 unspecified atom stereocenters. The highest BCUT2D eigenvalue weighted by molar-refractivity contribution is 5.94. The average molecular weight is 359 g/mol. The highest BCUT2D eigenvalue weighted by atomic mass is 35.5. The van der Waals surface area contributed by atoms with Crippen molar-refractivity contribution in [3.8, 4) is 11.4 Å². The number of carbonyl (C=O) groups excluding carboxylic acids is 1. The Morgan fingerprint density at radius 1 is 1.08 bits per heavy atom. The minimum absolute atomic E-state index is 0. The van der Waals surface area contributed by atoms with Crippen molar-refractivity contribution < 1.29 is 4.79 Å². The molecule has 1 saturated heterocycles. The van der Waals surface area contributed by atoms with Gasteiger partial charge in [0.1, 0.15) is 0 Å². The van der Waals surface area contributed by atoms with Crippen LogP contribution in [0.4, 0.5) is 5.69 Å². The van der Waals surface area contributed by atoms with Gasteiger partial charge in [0, 0.05) is 11.6 Å². The number of aromatic nitrogens is 2. The molecule has 2 aliphatic rings. The lowest BCUT2D eigenvalue weighted by molar-refractivity contribution is -0.117. The predicted octanol–water partition coefficient (Wildman–Crippen LogP) is 3.42. The zero-order valence-corrected chi connectivity index (χ0v) is 14.8. The lowest BCUT2D eigenvalue weighted by Gasteiger charge is -2.24. The first-order valence-electron chi connectivity index (χ1n) is 8.74. The van der Waals surface area contributed by atoms with Crippen molar-refractivity contribution in [2.75, 3.05) is 5.32 Å². The monoisotopic (exact) mass is 358 g/mol. The second kappa shape index (κ2) is 7.93. The Morgan fingerprint density at radius 3 is 2.52 bits per heavy atom. The summed E-state index contributed by atoms with van der Waals surface area (Å²) in [5.41, 5.74) is 1.62. The lowest BCUT2D eigenvalue weighted by Crippen LogP contribution is -2.39. The number of hydrogen-bond donors (Lipinski definition) is 2. The smallest absolute Gasteiger partial charge is 0.241 e. The first-order chi connectivity index (χ1) is 11.8. The Kier molecular flexibility index (Phi) is 5.66. The average Bonchev–Trinajstić information content (AvgIpc) is 3.07. The zero-order valence-electron chi connectivity index (χ0n) is 14.0. The molecule has 1 aliphatic heterocycles. The van der Waals surface area contributed by atoms with Gasteiger partial charge in [0.05, 0.1) is 24.1 Å². The fourth-order valence-corrected chi connectivity index (χ4v) is 3.88. The van der Waals surface area contributed by atoms with E-state index in [2.05, 4.69) is 20.6 Å². The molecule has 25 heavy (non-hydrogen) atoms. The van der Waals surface area contributed by atoms with Gasteiger partial charge in [-0.3, -0.25) is 4.79 Å². The molecule has 2 aromatic rings. The van der Waals surface area contributed by atoms with E-state index in [1.165, 1.54) is 25.7 Å². The highest BCUT2D eigenvalue weighted by Gasteiger charge is 2.38. The molecule has 1 aromatic carbocycles. The summed E-state index contributed by atoms with van der Waals surface area (Å²) in [6.45, 7) is 0. The van der Waals surface area contributed by atoms with Crippen molar-refractivity contribution in [2.24, 2.45) is 5.92 Å². The number of amides is 1. The zero-order chi connectivity index (χ0) is 16.4. The maximum absolute atomic E-state index is 12.5. The molecule has 0 radical (unpaired) electrons. The number of fused-ring (bicyclic) bond motifs is 1. The molecule has 1 amide bonds. The summed E-state index contributed by atoms with van der Waals surface area (Å²) in [5, 5.41) is 6.44. The van der Waals surface area contributed by atoms with Crippen LogP contribution in [0.25, 0.3) is 11.4 Å². The molecule has 1 saturated carbocycles. The van der Waals surface area contributed by atoms with E-state index >= 15 is 0 Å². The molecule has 5 nitrogen and oxygen atoms in total. The molecule has 2 N–H and O–H groups in total. The summed E-state index contributed by atoms with van der Waals surface area (Å²) in [4.78, 5) is 21.2. The number of halogens is 1. The van der Waals surface area contributed by atoms with Crippen LogP contribution in [-0.4, -0.2) is 28.0 Å². The third-order valence-electron chi connectivity index (χ3n) is 5.13. The van der Waals surface area contributed by atoms with Crippen LogP contribution in [0.2, 0.25) is 0 Å². The SMILES string of the molecule is Cl.O=C(Nc1cnc(-c2ccccc2)nc1)C1CC2CCCCC2N1. The fourth-order valence-electron chi connectivity index (χ4n) is 3.88. The molecule has 2 fully saturated rings. The van der Waals surface area contributed by atoms with Crippen LogP contribution in [0, 0.1) is 5.92 Å². The normalized spacial score (nSPS) is 24.9. The van der Waals surface area contributed by atoms with Crippen LogP contribution in [0.15, 0.2) is 42.7 Å². The number of benzene rings is 1. The third kappa shape index (κ3) is 3.99.